The molecule has 0 unspecified atom stereocenters. The van der Waals surface area contributed by atoms with Crippen molar-refractivity contribution < 1.29 is 5.11 Å². The molecule has 0 aliphatic rings. The van der Waals surface area contributed by atoms with Crippen molar-refractivity contribution in [1.29, 1.82) is 0 Å². The summed E-state index contributed by atoms with van der Waals surface area (Å²) in [7, 11) is 0. The number of anilines is 1. The van der Waals surface area contributed by atoms with Gasteiger partial charge in [-0.15, -0.1) is 6.58 Å². The van der Waals surface area contributed by atoms with Crippen LogP contribution < -0.4 is 5.32 Å². The Morgan fingerprint density at radius 1 is 1.40 bits per heavy atom. The van der Waals surface area contributed by atoms with Crippen molar-refractivity contribution in [3.63, 3.8) is 0 Å². The molecule has 0 saturated heterocycles. The summed E-state index contributed by atoms with van der Waals surface area (Å²) in [6.07, 6.45) is 2.56. The Kier molecular flexibility index (Phi) is 4.24. The van der Waals surface area contributed by atoms with Gasteiger partial charge < -0.3 is 10.4 Å². The second kappa shape index (κ2) is 5.46. The fraction of sp³-hybridized carbons (Fsp3) is 0.455. The SMILES string of the molecule is C=CCc1c(C)nc(C)nc1NCCO. The van der Waals surface area contributed by atoms with Crippen LogP contribution in [0.4, 0.5) is 5.82 Å². The van der Waals surface area contributed by atoms with E-state index in [0.717, 1.165) is 29.3 Å². The summed E-state index contributed by atoms with van der Waals surface area (Å²) in [5.74, 6) is 1.54. The first kappa shape index (κ1) is 11.7. The van der Waals surface area contributed by atoms with Gasteiger partial charge in [-0.05, 0) is 20.3 Å². The number of rotatable bonds is 5. The van der Waals surface area contributed by atoms with Gasteiger partial charge in [-0.25, -0.2) is 9.97 Å². The lowest BCUT2D eigenvalue weighted by Gasteiger charge is -2.11. The molecule has 1 aromatic heterocycles. The quantitative estimate of drug-likeness (QED) is 0.713. The molecule has 0 bridgehead atoms. The molecule has 1 rings (SSSR count). The lowest BCUT2D eigenvalue weighted by Crippen LogP contribution is -2.12. The smallest absolute Gasteiger partial charge is 0.133 e. The van der Waals surface area contributed by atoms with Gasteiger partial charge in [0, 0.05) is 17.8 Å². The molecule has 4 heteroatoms. The number of aliphatic hydroxyl groups excluding tert-OH is 1. The van der Waals surface area contributed by atoms with E-state index in [4.69, 9.17) is 5.11 Å². The van der Waals surface area contributed by atoms with Gasteiger partial charge in [-0.1, -0.05) is 6.08 Å². The van der Waals surface area contributed by atoms with Gasteiger partial charge in [-0.3, -0.25) is 0 Å². The monoisotopic (exact) mass is 207 g/mol. The Bertz CT molecular complexity index is 350. The highest BCUT2D eigenvalue weighted by Crippen LogP contribution is 2.16. The van der Waals surface area contributed by atoms with E-state index >= 15 is 0 Å². The highest BCUT2D eigenvalue weighted by atomic mass is 16.3. The van der Waals surface area contributed by atoms with Crippen molar-refractivity contribution in [3.05, 3.63) is 29.7 Å². The van der Waals surface area contributed by atoms with E-state index in [1.807, 2.05) is 19.9 Å². The molecule has 2 N–H and O–H groups in total. The number of nitrogens with one attached hydrogen (secondary N) is 1. The summed E-state index contributed by atoms with van der Waals surface area (Å²) in [6.45, 7) is 8.11. The Balaban J connectivity index is 3.02. The van der Waals surface area contributed by atoms with Crippen molar-refractivity contribution in [2.45, 2.75) is 20.3 Å². The van der Waals surface area contributed by atoms with E-state index in [2.05, 4.69) is 21.9 Å². The van der Waals surface area contributed by atoms with Crippen molar-refractivity contribution in [1.82, 2.24) is 9.97 Å². The van der Waals surface area contributed by atoms with Crippen LogP contribution in [-0.2, 0) is 6.42 Å². The number of hydrogen-bond acceptors (Lipinski definition) is 4. The fourth-order valence-electron chi connectivity index (χ4n) is 1.45. The van der Waals surface area contributed by atoms with Crippen LogP contribution in [0.15, 0.2) is 12.7 Å². The third-order valence-electron chi connectivity index (χ3n) is 2.08. The molecule has 0 spiro atoms. The van der Waals surface area contributed by atoms with Gasteiger partial charge in [0.05, 0.1) is 6.61 Å². The zero-order valence-corrected chi connectivity index (χ0v) is 9.25. The number of aromatic nitrogens is 2. The maximum absolute atomic E-state index is 8.76. The molecule has 4 nitrogen and oxygen atoms in total. The number of nitrogens with zero attached hydrogens (tertiary/aromatic N) is 2. The fourth-order valence-corrected chi connectivity index (χ4v) is 1.45. The summed E-state index contributed by atoms with van der Waals surface area (Å²) >= 11 is 0. The van der Waals surface area contributed by atoms with Crippen LogP contribution >= 0.6 is 0 Å². The first-order chi connectivity index (χ1) is 7.19. The second-order valence-corrected chi connectivity index (χ2v) is 3.33. The second-order valence-electron chi connectivity index (χ2n) is 3.33. The Hall–Kier alpha value is -1.42. The van der Waals surface area contributed by atoms with Crippen LogP contribution in [0.25, 0.3) is 0 Å². The van der Waals surface area contributed by atoms with Crippen LogP contribution in [0.2, 0.25) is 0 Å². The van der Waals surface area contributed by atoms with E-state index < -0.39 is 0 Å². The number of hydrogen-bond donors (Lipinski definition) is 2. The van der Waals surface area contributed by atoms with E-state index in [0.29, 0.717) is 6.54 Å². The van der Waals surface area contributed by atoms with Gasteiger partial charge >= 0.3 is 0 Å². The van der Waals surface area contributed by atoms with E-state index in [9.17, 15) is 0 Å². The van der Waals surface area contributed by atoms with Crippen molar-refractivity contribution >= 4 is 5.82 Å². The summed E-state index contributed by atoms with van der Waals surface area (Å²) in [5, 5.41) is 11.8. The highest BCUT2D eigenvalue weighted by molar-refractivity contribution is 5.47. The van der Waals surface area contributed by atoms with Crippen LogP contribution in [0.1, 0.15) is 17.1 Å². The average molecular weight is 207 g/mol. The van der Waals surface area contributed by atoms with Crippen LogP contribution in [-0.4, -0.2) is 28.2 Å². The molecule has 0 aromatic carbocycles. The van der Waals surface area contributed by atoms with Crippen molar-refractivity contribution in [3.8, 4) is 0 Å². The first-order valence-corrected chi connectivity index (χ1v) is 4.98. The first-order valence-electron chi connectivity index (χ1n) is 4.98. The normalized spacial score (nSPS) is 10.1. The number of aliphatic hydroxyl groups is 1. The third-order valence-corrected chi connectivity index (χ3v) is 2.08. The van der Waals surface area contributed by atoms with Crippen molar-refractivity contribution in [2.24, 2.45) is 0 Å². The van der Waals surface area contributed by atoms with Gasteiger partial charge in [0.15, 0.2) is 0 Å². The summed E-state index contributed by atoms with van der Waals surface area (Å²) in [4.78, 5) is 8.61. The minimum atomic E-state index is 0.0929. The largest absolute Gasteiger partial charge is 0.395 e. The molecule has 0 fully saturated rings. The predicted molar refractivity (Wildman–Crippen MR) is 61.0 cm³/mol. The van der Waals surface area contributed by atoms with E-state index in [-0.39, 0.29) is 6.61 Å². The summed E-state index contributed by atoms with van der Waals surface area (Å²) in [6, 6.07) is 0. The van der Waals surface area contributed by atoms with Crippen molar-refractivity contribution in [2.75, 3.05) is 18.5 Å². The van der Waals surface area contributed by atoms with Gasteiger partial charge in [0.1, 0.15) is 11.6 Å². The average Bonchev–Trinajstić information content (AvgIpc) is 2.19. The summed E-state index contributed by atoms with van der Waals surface area (Å²) in [5.41, 5.74) is 2.01. The molecular weight excluding hydrogens is 190 g/mol. The molecule has 0 aliphatic carbocycles. The molecule has 0 atom stereocenters. The standard InChI is InChI=1S/C11H17N3O/c1-4-5-10-8(2)13-9(3)14-11(10)12-6-7-15/h4,15H,1,5-7H2,2-3H3,(H,12,13,14). The van der Waals surface area contributed by atoms with Crippen LogP contribution in [0.5, 0.6) is 0 Å². The molecule has 0 radical (unpaired) electrons. The number of aryl methyl sites for hydroxylation is 2. The molecule has 15 heavy (non-hydrogen) atoms. The topological polar surface area (TPSA) is 58.0 Å². The molecule has 0 amide bonds. The van der Waals surface area contributed by atoms with Gasteiger partial charge in [0.2, 0.25) is 0 Å². The third kappa shape index (κ3) is 3.02. The molecule has 82 valence electrons. The van der Waals surface area contributed by atoms with E-state index in [1.165, 1.54) is 0 Å². The van der Waals surface area contributed by atoms with Crippen LogP contribution in [0, 0.1) is 13.8 Å². The Morgan fingerprint density at radius 3 is 2.73 bits per heavy atom. The maximum Gasteiger partial charge on any atom is 0.133 e. The van der Waals surface area contributed by atoms with E-state index in [1.54, 1.807) is 0 Å². The van der Waals surface area contributed by atoms with Gasteiger partial charge in [0.25, 0.3) is 0 Å². The molecule has 0 saturated carbocycles. The zero-order chi connectivity index (χ0) is 11.3. The molecule has 0 aliphatic heterocycles. The Morgan fingerprint density at radius 2 is 2.13 bits per heavy atom. The van der Waals surface area contributed by atoms with Crippen LogP contribution in [0.3, 0.4) is 0 Å². The Labute approximate surface area is 90.1 Å². The maximum atomic E-state index is 8.76. The molecule has 1 aromatic rings. The minimum Gasteiger partial charge on any atom is -0.395 e. The molecule has 1 heterocycles. The predicted octanol–water partition coefficient (Wildman–Crippen LogP) is 1.23. The lowest BCUT2D eigenvalue weighted by molar-refractivity contribution is 0.311. The minimum absolute atomic E-state index is 0.0929. The summed E-state index contributed by atoms with van der Waals surface area (Å²) < 4.78 is 0. The van der Waals surface area contributed by atoms with Gasteiger partial charge in [-0.2, -0.15) is 0 Å². The number of allylic oxidation sites excluding steroid dienone is 1. The highest BCUT2D eigenvalue weighted by Gasteiger charge is 2.07. The lowest BCUT2D eigenvalue weighted by atomic mass is 10.1. The molecular formula is C11H17N3O. The zero-order valence-electron chi connectivity index (χ0n) is 9.25.